The molecule has 1 unspecified atom stereocenters. The van der Waals surface area contributed by atoms with E-state index in [-0.39, 0.29) is 5.78 Å². The Morgan fingerprint density at radius 2 is 1.08 bits per heavy atom. The number of unbranched alkanes of at least 4 members (excludes halogenated alkanes) is 14. The lowest BCUT2D eigenvalue weighted by Gasteiger charge is -2.08. The van der Waals surface area contributed by atoms with Crippen molar-refractivity contribution in [3.8, 4) is 0 Å². The van der Waals surface area contributed by atoms with Crippen LogP contribution in [0.2, 0.25) is 0 Å². The number of carboxylic acid groups (broad SMARTS) is 2. The van der Waals surface area contributed by atoms with Crippen LogP contribution in [0.3, 0.4) is 0 Å². The van der Waals surface area contributed by atoms with Crippen molar-refractivity contribution in [1.82, 2.24) is 0 Å². The van der Waals surface area contributed by atoms with Gasteiger partial charge in [-0.2, -0.15) is 0 Å². The molecule has 2 N–H and O–H groups in total. The molecule has 0 aromatic heterocycles. The van der Waals surface area contributed by atoms with Gasteiger partial charge in [-0.15, -0.1) is 0 Å². The van der Waals surface area contributed by atoms with Gasteiger partial charge in [0.15, 0.2) is 5.78 Å². The summed E-state index contributed by atoms with van der Waals surface area (Å²) in [5.74, 6) is -2.27. The minimum absolute atomic E-state index is 0.0972. The van der Waals surface area contributed by atoms with Crippen LogP contribution in [0.15, 0.2) is 54.6 Å². The van der Waals surface area contributed by atoms with Crippen LogP contribution in [-0.4, -0.2) is 27.9 Å². The van der Waals surface area contributed by atoms with E-state index in [0.29, 0.717) is 23.1 Å². The molecule has 0 saturated carbocycles. The first-order valence-electron chi connectivity index (χ1n) is 15.0. The zero-order valence-electron chi connectivity index (χ0n) is 24.2. The van der Waals surface area contributed by atoms with Crippen molar-refractivity contribution in [2.75, 3.05) is 0 Å². The summed E-state index contributed by atoms with van der Waals surface area (Å²) in [5.41, 5.74) is 1.74. The highest BCUT2D eigenvalue weighted by Crippen LogP contribution is 2.19. The maximum atomic E-state index is 12.2. The summed E-state index contributed by atoms with van der Waals surface area (Å²) in [6, 6.07) is 15.7. The van der Waals surface area contributed by atoms with E-state index >= 15 is 0 Å². The highest BCUT2D eigenvalue weighted by molar-refractivity contribution is 6.09. The van der Waals surface area contributed by atoms with Crippen molar-refractivity contribution in [1.29, 1.82) is 0 Å². The highest BCUT2D eigenvalue weighted by atomic mass is 16.4. The number of benzene rings is 2. The zero-order valence-corrected chi connectivity index (χ0v) is 24.2. The van der Waals surface area contributed by atoms with Crippen LogP contribution in [0.5, 0.6) is 0 Å². The van der Waals surface area contributed by atoms with Crippen LogP contribution in [-0.2, 0) is 9.59 Å². The van der Waals surface area contributed by atoms with E-state index in [9.17, 15) is 14.4 Å². The van der Waals surface area contributed by atoms with Crippen molar-refractivity contribution in [2.45, 2.75) is 122 Å². The molecule has 39 heavy (non-hydrogen) atoms. The topological polar surface area (TPSA) is 91.7 Å². The molecule has 0 aliphatic carbocycles. The van der Waals surface area contributed by atoms with Gasteiger partial charge in [0, 0.05) is 17.5 Å². The molecular formula is C34H50O5. The van der Waals surface area contributed by atoms with Gasteiger partial charge in [-0.3, -0.25) is 14.4 Å². The second-order valence-electron chi connectivity index (χ2n) is 10.5. The predicted molar refractivity (Wildman–Crippen MR) is 160 cm³/mol. The minimum Gasteiger partial charge on any atom is -0.481 e. The first kappa shape index (κ1) is 34.1. The van der Waals surface area contributed by atoms with E-state index in [2.05, 4.69) is 6.92 Å². The van der Waals surface area contributed by atoms with Crippen LogP contribution < -0.4 is 0 Å². The summed E-state index contributed by atoms with van der Waals surface area (Å²) in [5, 5.41) is 17.5. The Bertz CT molecular complexity index is 938. The third kappa shape index (κ3) is 16.6. The molecule has 0 bridgehead atoms. The largest absolute Gasteiger partial charge is 0.481 e. The number of carbonyl (C=O) groups excluding carboxylic acids is 1. The smallest absolute Gasteiger partial charge is 0.310 e. The lowest BCUT2D eigenvalue weighted by Crippen LogP contribution is -2.09. The molecule has 0 aliphatic heterocycles. The number of carbonyl (C=O) groups is 3. The molecule has 0 radical (unpaired) electrons. The standard InChI is InChI=1S/C18H36O2.C16H14O3/c1-2-3-4-5-6-7-8-9-10-11-12-13-14-15-16-17-18(19)20;1-11(16(18)19)13-8-5-9-14(10-13)15(17)12-6-3-2-4-7-12/h2-17H2,1H3,(H,19,20);2-11H,1H3,(H,18,19). The van der Waals surface area contributed by atoms with Crippen molar-refractivity contribution >= 4 is 17.7 Å². The van der Waals surface area contributed by atoms with Gasteiger partial charge >= 0.3 is 11.9 Å². The molecule has 0 heterocycles. The number of ketones is 1. The lowest BCUT2D eigenvalue weighted by atomic mass is 9.96. The summed E-state index contributed by atoms with van der Waals surface area (Å²) >= 11 is 0. The van der Waals surface area contributed by atoms with E-state index in [1.54, 1.807) is 55.5 Å². The maximum Gasteiger partial charge on any atom is 0.310 e. The van der Waals surface area contributed by atoms with Gasteiger partial charge < -0.3 is 10.2 Å². The van der Waals surface area contributed by atoms with Gasteiger partial charge in [0.1, 0.15) is 0 Å². The molecule has 5 nitrogen and oxygen atoms in total. The Kier molecular flexibility index (Phi) is 19.2. The van der Waals surface area contributed by atoms with Gasteiger partial charge in [-0.1, -0.05) is 145 Å². The molecular weight excluding hydrogens is 488 g/mol. The van der Waals surface area contributed by atoms with Crippen molar-refractivity contribution in [2.24, 2.45) is 0 Å². The van der Waals surface area contributed by atoms with E-state index in [0.717, 1.165) is 12.8 Å². The molecule has 0 saturated heterocycles. The van der Waals surface area contributed by atoms with Crippen molar-refractivity contribution in [3.05, 3.63) is 71.3 Å². The number of carboxylic acids is 2. The van der Waals surface area contributed by atoms with E-state index in [4.69, 9.17) is 10.2 Å². The third-order valence-electron chi connectivity index (χ3n) is 7.05. The van der Waals surface area contributed by atoms with Crippen LogP contribution in [0, 0.1) is 0 Å². The number of hydrogen-bond donors (Lipinski definition) is 2. The molecule has 0 fully saturated rings. The maximum absolute atomic E-state index is 12.2. The summed E-state index contributed by atoms with van der Waals surface area (Å²) in [4.78, 5) is 33.5. The summed E-state index contributed by atoms with van der Waals surface area (Å²) < 4.78 is 0. The molecule has 2 aromatic carbocycles. The van der Waals surface area contributed by atoms with E-state index < -0.39 is 17.9 Å². The van der Waals surface area contributed by atoms with Gasteiger partial charge in [0.05, 0.1) is 5.92 Å². The molecule has 0 spiro atoms. The number of aliphatic carboxylic acids is 2. The molecule has 2 rings (SSSR count). The molecule has 1 atom stereocenters. The fourth-order valence-electron chi connectivity index (χ4n) is 4.50. The van der Waals surface area contributed by atoms with Crippen molar-refractivity contribution < 1.29 is 24.6 Å². The first-order chi connectivity index (χ1) is 18.9. The number of rotatable bonds is 20. The Morgan fingerprint density at radius 3 is 1.54 bits per heavy atom. The highest BCUT2D eigenvalue weighted by Gasteiger charge is 2.16. The first-order valence-corrected chi connectivity index (χ1v) is 15.0. The van der Waals surface area contributed by atoms with Crippen LogP contribution in [0.25, 0.3) is 0 Å². The average molecular weight is 539 g/mol. The molecule has 5 heteroatoms. The van der Waals surface area contributed by atoms with Gasteiger partial charge in [-0.25, -0.2) is 0 Å². The number of hydrogen-bond acceptors (Lipinski definition) is 3. The van der Waals surface area contributed by atoms with Crippen LogP contribution in [0.4, 0.5) is 0 Å². The SMILES string of the molecule is CC(C(=O)O)c1cccc(C(=O)c2ccccc2)c1.CCCCCCCCCCCCCCCCCC(=O)O. The minimum atomic E-state index is -0.899. The fraction of sp³-hybridized carbons (Fsp3) is 0.559. The van der Waals surface area contributed by atoms with Crippen LogP contribution >= 0.6 is 0 Å². The fourth-order valence-corrected chi connectivity index (χ4v) is 4.50. The van der Waals surface area contributed by atoms with Crippen molar-refractivity contribution in [3.63, 3.8) is 0 Å². The van der Waals surface area contributed by atoms with Gasteiger partial charge in [0.25, 0.3) is 0 Å². The molecule has 0 amide bonds. The Labute approximate surface area is 236 Å². The quantitative estimate of drug-likeness (QED) is 0.129. The van der Waals surface area contributed by atoms with E-state index in [1.165, 1.54) is 83.5 Å². The Morgan fingerprint density at radius 1 is 0.615 bits per heavy atom. The summed E-state index contributed by atoms with van der Waals surface area (Å²) in [6.45, 7) is 3.88. The monoisotopic (exact) mass is 538 g/mol. The molecule has 2 aromatic rings. The van der Waals surface area contributed by atoms with E-state index in [1.807, 2.05) is 6.07 Å². The average Bonchev–Trinajstić information content (AvgIpc) is 2.95. The third-order valence-corrected chi connectivity index (χ3v) is 7.05. The zero-order chi connectivity index (χ0) is 28.7. The summed E-state index contributed by atoms with van der Waals surface area (Å²) in [6.07, 6.45) is 20.2. The van der Waals surface area contributed by atoms with Gasteiger partial charge in [-0.05, 0) is 25.0 Å². The molecule has 216 valence electrons. The summed E-state index contributed by atoms with van der Waals surface area (Å²) in [7, 11) is 0. The molecule has 0 aliphatic rings. The second kappa shape index (κ2) is 21.9. The Hall–Kier alpha value is -2.95. The van der Waals surface area contributed by atoms with Crippen LogP contribution in [0.1, 0.15) is 144 Å². The lowest BCUT2D eigenvalue weighted by molar-refractivity contribution is -0.138. The Balaban J connectivity index is 0.000000390. The second-order valence-corrected chi connectivity index (χ2v) is 10.5. The normalized spacial score (nSPS) is 11.3. The van der Waals surface area contributed by atoms with Gasteiger partial charge in [0.2, 0.25) is 0 Å². The predicted octanol–water partition coefficient (Wildman–Crippen LogP) is 9.44.